The van der Waals surface area contributed by atoms with E-state index in [0.717, 1.165) is 0 Å². The van der Waals surface area contributed by atoms with Crippen molar-refractivity contribution in [1.29, 1.82) is 0 Å². The van der Waals surface area contributed by atoms with Crippen molar-refractivity contribution < 1.29 is 18.3 Å². The molecule has 0 bridgehead atoms. The van der Waals surface area contributed by atoms with Crippen molar-refractivity contribution in [2.75, 3.05) is 6.54 Å². The van der Waals surface area contributed by atoms with Crippen LogP contribution in [0, 0.1) is 0 Å². The van der Waals surface area contributed by atoms with Gasteiger partial charge < -0.3 is 5.11 Å². The van der Waals surface area contributed by atoms with Crippen molar-refractivity contribution in [3.8, 4) is 0 Å². The Balaban J connectivity index is 3.59. The van der Waals surface area contributed by atoms with Crippen LogP contribution >= 0.6 is 0 Å². The predicted molar refractivity (Wildman–Crippen MR) is 25.7 cm³/mol. The number of aliphatic hydroxyl groups excluding tert-OH is 1. The second-order valence-electron chi connectivity index (χ2n) is 1.50. The van der Waals surface area contributed by atoms with Crippen LogP contribution in [0.2, 0.25) is 0 Å². The van der Waals surface area contributed by atoms with E-state index in [4.69, 9.17) is 5.11 Å². The molecule has 0 aliphatic heterocycles. The van der Waals surface area contributed by atoms with Crippen LogP contribution in [0.3, 0.4) is 0 Å². The molecule has 0 amide bonds. The molecule has 0 saturated heterocycles. The molecule has 0 aliphatic carbocycles. The van der Waals surface area contributed by atoms with Gasteiger partial charge in [0.25, 0.3) is 0 Å². The van der Waals surface area contributed by atoms with Crippen LogP contribution in [0.1, 0.15) is 6.92 Å². The first-order valence-electron chi connectivity index (χ1n) is 2.46. The van der Waals surface area contributed by atoms with Crippen LogP contribution in [-0.4, -0.2) is 24.1 Å². The Morgan fingerprint density at radius 2 is 2.00 bits per heavy atom. The van der Waals surface area contributed by atoms with Crippen molar-refractivity contribution in [2.45, 2.75) is 19.3 Å². The van der Waals surface area contributed by atoms with E-state index in [0.29, 0.717) is 0 Å². The van der Waals surface area contributed by atoms with Gasteiger partial charge in [-0.05, 0) is 6.54 Å². The third-order valence-corrected chi connectivity index (χ3v) is 0.708. The standard InChI is InChI=1S/C4H8F3NO/c1-2-8-3(9)4(5,6)7/h3,8-9H,2H2,1H3. The van der Waals surface area contributed by atoms with Gasteiger partial charge in [-0.3, -0.25) is 5.32 Å². The molecule has 2 nitrogen and oxygen atoms in total. The molecule has 2 N–H and O–H groups in total. The number of hydrogen-bond donors (Lipinski definition) is 2. The number of halogens is 3. The molecule has 1 atom stereocenters. The second-order valence-corrected chi connectivity index (χ2v) is 1.50. The van der Waals surface area contributed by atoms with E-state index in [2.05, 4.69) is 0 Å². The Hall–Kier alpha value is -0.290. The van der Waals surface area contributed by atoms with Crippen LogP contribution in [0.5, 0.6) is 0 Å². The summed E-state index contributed by atoms with van der Waals surface area (Å²) in [6.45, 7) is 1.58. The van der Waals surface area contributed by atoms with Crippen LogP contribution in [0.15, 0.2) is 0 Å². The minimum atomic E-state index is -4.55. The number of alkyl halides is 3. The molecular formula is C4H8F3NO. The first kappa shape index (κ1) is 8.71. The molecule has 0 aromatic heterocycles. The molecule has 0 heterocycles. The monoisotopic (exact) mass is 143 g/mol. The van der Waals surface area contributed by atoms with Gasteiger partial charge >= 0.3 is 6.18 Å². The fourth-order valence-corrected chi connectivity index (χ4v) is 0.309. The van der Waals surface area contributed by atoms with Crippen LogP contribution in [0.4, 0.5) is 13.2 Å². The highest BCUT2D eigenvalue weighted by Gasteiger charge is 2.37. The summed E-state index contributed by atoms with van der Waals surface area (Å²) < 4.78 is 34.0. The molecule has 5 heteroatoms. The van der Waals surface area contributed by atoms with Crippen LogP contribution < -0.4 is 5.32 Å². The van der Waals surface area contributed by atoms with Gasteiger partial charge in [-0.2, -0.15) is 13.2 Å². The van der Waals surface area contributed by atoms with Gasteiger partial charge in [0.1, 0.15) is 0 Å². The van der Waals surface area contributed by atoms with E-state index < -0.39 is 12.4 Å². The Morgan fingerprint density at radius 3 is 2.11 bits per heavy atom. The molecule has 1 unspecified atom stereocenters. The minimum absolute atomic E-state index is 0.0979. The lowest BCUT2D eigenvalue weighted by Crippen LogP contribution is -2.41. The lowest BCUT2D eigenvalue weighted by Gasteiger charge is -2.13. The topological polar surface area (TPSA) is 32.3 Å². The van der Waals surface area contributed by atoms with E-state index in [1.807, 2.05) is 5.32 Å². The van der Waals surface area contributed by atoms with Gasteiger partial charge in [-0.15, -0.1) is 0 Å². The van der Waals surface area contributed by atoms with Gasteiger partial charge in [0.05, 0.1) is 0 Å². The van der Waals surface area contributed by atoms with E-state index in [1.165, 1.54) is 6.92 Å². The zero-order valence-electron chi connectivity index (χ0n) is 4.87. The molecule has 0 saturated carbocycles. The molecule has 0 aromatic rings. The van der Waals surface area contributed by atoms with Gasteiger partial charge in [-0.25, -0.2) is 0 Å². The number of hydrogen-bond acceptors (Lipinski definition) is 2. The average Bonchev–Trinajstić information content (AvgIpc) is 1.64. The maximum absolute atomic E-state index is 11.3. The molecule has 0 rings (SSSR count). The van der Waals surface area contributed by atoms with Gasteiger partial charge in [0.15, 0.2) is 0 Å². The van der Waals surface area contributed by atoms with E-state index in [1.54, 1.807) is 0 Å². The summed E-state index contributed by atoms with van der Waals surface area (Å²) >= 11 is 0. The Kier molecular flexibility index (Phi) is 2.93. The van der Waals surface area contributed by atoms with Gasteiger partial charge in [0.2, 0.25) is 6.23 Å². The number of aliphatic hydroxyl groups is 1. The van der Waals surface area contributed by atoms with E-state index in [9.17, 15) is 13.2 Å². The molecule has 0 spiro atoms. The zero-order valence-corrected chi connectivity index (χ0v) is 4.87. The summed E-state index contributed by atoms with van der Waals surface area (Å²) in [6.07, 6.45) is -6.93. The summed E-state index contributed by atoms with van der Waals surface area (Å²) in [7, 11) is 0. The first-order chi connectivity index (χ1) is 3.98. The molecule has 9 heavy (non-hydrogen) atoms. The fraction of sp³-hybridized carbons (Fsp3) is 1.00. The van der Waals surface area contributed by atoms with Gasteiger partial charge in [0, 0.05) is 0 Å². The van der Waals surface area contributed by atoms with Crippen molar-refractivity contribution in [3.05, 3.63) is 0 Å². The molecule has 0 aliphatic rings. The summed E-state index contributed by atoms with van der Waals surface area (Å²) in [5.74, 6) is 0. The minimum Gasteiger partial charge on any atom is -0.370 e. The normalized spacial score (nSPS) is 15.7. The summed E-state index contributed by atoms with van der Waals surface area (Å²) in [6, 6.07) is 0. The fourth-order valence-electron chi connectivity index (χ4n) is 0.309. The summed E-state index contributed by atoms with van der Waals surface area (Å²) in [5, 5.41) is 9.97. The third kappa shape index (κ3) is 3.31. The Labute approximate surface area is 50.7 Å². The van der Waals surface area contributed by atoms with Crippen LogP contribution in [-0.2, 0) is 0 Å². The molecular weight excluding hydrogens is 135 g/mol. The maximum atomic E-state index is 11.3. The number of rotatable bonds is 2. The van der Waals surface area contributed by atoms with E-state index >= 15 is 0 Å². The first-order valence-corrected chi connectivity index (χ1v) is 2.46. The molecule has 0 fully saturated rings. The van der Waals surface area contributed by atoms with Crippen molar-refractivity contribution in [3.63, 3.8) is 0 Å². The quantitative estimate of drug-likeness (QED) is 0.551. The smallest absolute Gasteiger partial charge is 0.370 e. The van der Waals surface area contributed by atoms with Crippen molar-refractivity contribution in [1.82, 2.24) is 5.32 Å². The van der Waals surface area contributed by atoms with Crippen molar-refractivity contribution >= 4 is 0 Å². The largest absolute Gasteiger partial charge is 0.427 e. The Bertz CT molecular complexity index is 82.4. The molecule has 0 aromatic carbocycles. The lowest BCUT2D eigenvalue weighted by atomic mass is 10.5. The SMILES string of the molecule is CCNC(O)C(F)(F)F. The maximum Gasteiger partial charge on any atom is 0.427 e. The average molecular weight is 143 g/mol. The lowest BCUT2D eigenvalue weighted by molar-refractivity contribution is -0.212. The molecule has 56 valence electrons. The molecule has 0 radical (unpaired) electrons. The van der Waals surface area contributed by atoms with Crippen molar-refractivity contribution in [2.24, 2.45) is 0 Å². The zero-order chi connectivity index (χ0) is 7.49. The third-order valence-electron chi connectivity index (χ3n) is 0.708. The predicted octanol–water partition coefficient (Wildman–Crippen LogP) is 0.477. The highest BCUT2D eigenvalue weighted by atomic mass is 19.4. The Morgan fingerprint density at radius 1 is 1.56 bits per heavy atom. The summed E-state index contributed by atoms with van der Waals surface area (Å²) in [4.78, 5) is 0. The number of nitrogens with one attached hydrogen (secondary N) is 1. The highest BCUT2D eigenvalue weighted by Crippen LogP contribution is 2.17. The van der Waals surface area contributed by atoms with E-state index in [-0.39, 0.29) is 6.54 Å². The summed E-state index contributed by atoms with van der Waals surface area (Å²) in [5.41, 5.74) is 0. The highest BCUT2D eigenvalue weighted by molar-refractivity contribution is 4.59. The second kappa shape index (κ2) is 3.03. The van der Waals surface area contributed by atoms with Gasteiger partial charge in [-0.1, -0.05) is 6.92 Å². The van der Waals surface area contributed by atoms with Crippen LogP contribution in [0.25, 0.3) is 0 Å².